The molecule has 2 aromatic heterocycles. The standard InChI is InChI=1S/C30H36N6O3/c1-20-3-2-11-32-25(20)26-24(17-22-8-14-39-19-30(22)9-10-30)34-29(27(35-26)28(31)37)33-23-6-4-21(5-7-23)18-36-12-15-38-16-13-36/h2-7,11,22H,8-10,12-19H2,1H3,(H2,31,37)(H,33,34). The second-order valence-corrected chi connectivity index (χ2v) is 11.1. The number of aromatic nitrogens is 3. The van der Waals surface area contributed by atoms with Gasteiger partial charge in [0.15, 0.2) is 11.5 Å². The highest BCUT2D eigenvalue weighted by atomic mass is 16.5. The van der Waals surface area contributed by atoms with Crippen LogP contribution >= 0.6 is 0 Å². The first-order valence-electron chi connectivity index (χ1n) is 13.9. The molecule has 1 spiro atoms. The second kappa shape index (κ2) is 11.0. The van der Waals surface area contributed by atoms with Crippen molar-refractivity contribution < 1.29 is 14.3 Å². The second-order valence-electron chi connectivity index (χ2n) is 11.1. The van der Waals surface area contributed by atoms with Gasteiger partial charge in [-0.25, -0.2) is 9.97 Å². The van der Waals surface area contributed by atoms with E-state index in [0.717, 1.165) is 81.5 Å². The lowest BCUT2D eigenvalue weighted by molar-refractivity contribution is 0.00308. The van der Waals surface area contributed by atoms with E-state index in [1.165, 1.54) is 18.4 Å². The molecule has 39 heavy (non-hydrogen) atoms. The topological polar surface area (TPSA) is 115 Å². The minimum atomic E-state index is -0.625. The molecule has 204 valence electrons. The van der Waals surface area contributed by atoms with E-state index in [-0.39, 0.29) is 11.1 Å². The molecule has 6 rings (SSSR count). The molecule has 1 atom stereocenters. The molecule has 9 heteroatoms. The zero-order chi connectivity index (χ0) is 26.8. The predicted octanol–water partition coefficient (Wildman–Crippen LogP) is 3.88. The zero-order valence-corrected chi connectivity index (χ0v) is 22.5. The molecule has 3 fully saturated rings. The number of morpholine rings is 1. The summed E-state index contributed by atoms with van der Waals surface area (Å²) in [5.41, 5.74) is 11.4. The van der Waals surface area contributed by atoms with Crippen molar-refractivity contribution in [3.8, 4) is 11.4 Å². The van der Waals surface area contributed by atoms with Crippen molar-refractivity contribution in [1.29, 1.82) is 0 Å². The Labute approximate surface area is 229 Å². The van der Waals surface area contributed by atoms with Gasteiger partial charge in [0.05, 0.1) is 31.2 Å². The molecule has 1 aromatic carbocycles. The lowest BCUT2D eigenvalue weighted by atomic mass is 9.81. The summed E-state index contributed by atoms with van der Waals surface area (Å²) in [5, 5.41) is 3.34. The maximum atomic E-state index is 12.6. The minimum Gasteiger partial charge on any atom is -0.381 e. The molecule has 9 nitrogen and oxygen atoms in total. The monoisotopic (exact) mass is 528 g/mol. The molecule has 1 aliphatic carbocycles. The van der Waals surface area contributed by atoms with Gasteiger partial charge in [0.2, 0.25) is 0 Å². The molecule has 3 aromatic rings. The molecule has 2 aliphatic heterocycles. The number of anilines is 2. The molecule has 1 unspecified atom stereocenters. The Bertz CT molecular complexity index is 1340. The normalized spacial score (nSPS) is 20.6. The summed E-state index contributed by atoms with van der Waals surface area (Å²) < 4.78 is 11.3. The maximum absolute atomic E-state index is 12.6. The van der Waals surface area contributed by atoms with Gasteiger partial charge in [-0.2, -0.15) is 0 Å². The number of nitrogens with two attached hydrogens (primary N) is 1. The van der Waals surface area contributed by atoms with E-state index in [1.54, 1.807) is 6.20 Å². The summed E-state index contributed by atoms with van der Waals surface area (Å²) in [6.45, 7) is 7.89. The average Bonchev–Trinajstić information content (AvgIpc) is 3.72. The first kappa shape index (κ1) is 25.9. The van der Waals surface area contributed by atoms with Crippen LogP contribution < -0.4 is 11.1 Å². The van der Waals surface area contributed by atoms with Crippen LogP contribution in [0.1, 0.15) is 46.6 Å². The Morgan fingerprint density at radius 1 is 1.08 bits per heavy atom. The van der Waals surface area contributed by atoms with Gasteiger partial charge in [0.25, 0.3) is 5.91 Å². The van der Waals surface area contributed by atoms with Gasteiger partial charge in [-0.05, 0) is 73.3 Å². The highest BCUT2D eigenvalue weighted by Gasteiger charge is 2.51. The largest absolute Gasteiger partial charge is 0.381 e. The number of nitrogens with one attached hydrogen (secondary N) is 1. The van der Waals surface area contributed by atoms with Crippen molar-refractivity contribution in [1.82, 2.24) is 19.9 Å². The van der Waals surface area contributed by atoms with E-state index in [0.29, 0.717) is 17.4 Å². The first-order chi connectivity index (χ1) is 19.0. The third kappa shape index (κ3) is 5.66. The Kier molecular flexibility index (Phi) is 7.29. The van der Waals surface area contributed by atoms with E-state index in [1.807, 2.05) is 31.2 Å². The Balaban J connectivity index is 1.32. The van der Waals surface area contributed by atoms with Crippen molar-refractivity contribution >= 4 is 17.4 Å². The van der Waals surface area contributed by atoms with Crippen LogP contribution in [0, 0.1) is 18.3 Å². The number of aryl methyl sites for hydroxylation is 1. The van der Waals surface area contributed by atoms with Gasteiger partial charge < -0.3 is 20.5 Å². The SMILES string of the molecule is Cc1cccnc1-c1nc(C(N)=O)c(Nc2ccc(CN3CCOCC3)cc2)nc1CC1CCOCC12CC2. The van der Waals surface area contributed by atoms with Gasteiger partial charge in [0, 0.05) is 38.1 Å². The van der Waals surface area contributed by atoms with Crippen LogP contribution in [0.15, 0.2) is 42.6 Å². The number of nitrogens with zero attached hydrogens (tertiary/aromatic N) is 4. The molecule has 1 amide bonds. The molecular weight excluding hydrogens is 492 g/mol. The number of carbonyl (C=O) groups is 1. The summed E-state index contributed by atoms with van der Waals surface area (Å²) >= 11 is 0. The third-order valence-corrected chi connectivity index (χ3v) is 8.36. The highest BCUT2D eigenvalue weighted by molar-refractivity contribution is 5.97. The van der Waals surface area contributed by atoms with Crippen LogP contribution in [0.5, 0.6) is 0 Å². The molecule has 2 saturated heterocycles. The quantitative estimate of drug-likeness (QED) is 0.453. The predicted molar refractivity (Wildman–Crippen MR) is 149 cm³/mol. The van der Waals surface area contributed by atoms with Crippen LogP contribution in [0.4, 0.5) is 11.5 Å². The van der Waals surface area contributed by atoms with Crippen molar-refractivity contribution in [2.75, 3.05) is 44.8 Å². The van der Waals surface area contributed by atoms with E-state index in [2.05, 4.69) is 27.3 Å². The van der Waals surface area contributed by atoms with Gasteiger partial charge in [-0.15, -0.1) is 0 Å². The summed E-state index contributed by atoms with van der Waals surface area (Å²) in [6.07, 6.45) is 5.87. The summed E-state index contributed by atoms with van der Waals surface area (Å²) in [4.78, 5) is 29.4. The minimum absolute atomic E-state index is 0.115. The first-order valence-corrected chi connectivity index (χ1v) is 13.9. The maximum Gasteiger partial charge on any atom is 0.271 e. The van der Waals surface area contributed by atoms with Gasteiger partial charge in [0.1, 0.15) is 5.69 Å². The number of benzene rings is 1. The van der Waals surface area contributed by atoms with Gasteiger partial charge in [-0.1, -0.05) is 18.2 Å². The van der Waals surface area contributed by atoms with Crippen molar-refractivity contribution in [2.45, 2.75) is 39.2 Å². The summed E-state index contributed by atoms with van der Waals surface area (Å²) in [7, 11) is 0. The smallest absolute Gasteiger partial charge is 0.271 e. The fourth-order valence-corrected chi connectivity index (χ4v) is 5.83. The number of rotatable bonds is 8. The van der Waals surface area contributed by atoms with E-state index < -0.39 is 5.91 Å². The number of ether oxygens (including phenoxy) is 2. The van der Waals surface area contributed by atoms with Crippen molar-refractivity contribution in [3.05, 3.63) is 65.1 Å². The van der Waals surface area contributed by atoms with Gasteiger partial charge >= 0.3 is 0 Å². The van der Waals surface area contributed by atoms with Crippen LogP contribution in [0.2, 0.25) is 0 Å². The molecule has 0 bridgehead atoms. The van der Waals surface area contributed by atoms with Crippen LogP contribution in [0.25, 0.3) is 11.4 Å². The lowest BCUT2D eigenvalue weighted by Crippen LogP contribution is -2.35. The molecule has 0 radical (unpaired) electrons. The van der Waals surface area contributed by atoms with Crippen LogP contribution in [0.3, 0.4) is 0 Å². The zero-order valence-electron chi connectivity index (χ0n) is 22.5. The Morgan fingerprint density at radius 3 is 2.59 bits per heavy atom. The van der Waals surface area contributed by atoms with Gasteiger partial charge in [-0.3, -0.25) is 14.7 Å². The summed E-state index contributed by atoms with van der Waals surface area (Å²) in [5.74, 6) is 0.211. The Morgan fingerprint density at radius 2 is 1.87 bits per heavy atom. The average molecular weight is 529 g/mol. The number of primary amides is 1. The molecule has 3 N–H and O–H groups in total. The number of carbonyl (C=O) groups excluding carboxylic acids is 1. The van der Waals surface area contributed by atoms with Crippen LogP contribution in [-0.2, 0) is 22.4 Å². The molecular formula is C30H36N6O3. The number of hydrogen-bond donors (Lipinski definition) is 2. The third-order valence-electron chi connectivity index (χ3n) is 8.36. The number of hydrogen-bond acceptors (Lipinski definition) is 8. The van der Waals surface area contributed by atoms with Crippen molar-refractivity contribution in [3.63, 3.8) is 0 Å². The van der Waals surface area contributed by atoms with E-state index in [9.17, 15) is 4.79 Å². The van der Waals surface area contributed by atoms with Crippen molar-refractivity contribution in [2.24, 2.45) is 17.1 Å². The number of amides is 1. The summed E-state index contributed by atoms with van der Waals surface area (Å²) in [6, 6.07) is 12.1. The lowest BCUT2D eigenvalue weighted by Gasteiger charge is -2.32. The van der Waals surface area contributed by atoms with E-state index >= 15 is 0 Å². The molecule has 1 saturated carbocycles. The fourth-order valence-electron chi connectivity index (χ4n) is 5.83. The Hall–Kier alpha value is -3.40. The van der Waals surface area contributed by atoms with Crippen LogP contribution in [-0.4, -0.2) is 65.3 Å². The molecule has 3 aliphatic rings. The fraction of sp³-hybridized carbons (Fsp3) is 0.467. The highest BCUT2D eigenvalue weighted by Crippen LogP contribution is 2.56. The molecule has 4 heterocycles. The number of pyridine rings is 1. The van der Waals surface area contributed by atoms with E-state index in [4.69, 9.17) is 25.2 Å².